The van der Waals surface area contributed by atoms with E-state index in [1.807, 2.05) is 12.1 Å². The Labute approximate surface area is 193 Å². The Morgan fingerprint density at radius 1 is 1.00 bits per heavy atom. The molecule has 0 aromatic heterocycles. The Morgan fingerprint density at radius 2 is 1.72 bits per heavy atom. The molecule has 0 aliphatic heterocycles. The molecule has 0 atom stereocenters. The van der Waals surface area contributed by atoms with E-state index in [0.29, 0.717) is 26.1 Å². The van der Waals surface area contributed by atoms with Gasteiger partial charge in [0.2, 0.25) is 5.91 Å². The highest BCUT2D eigenvalue weighted by Crippen LogP contribution is 2.32. The molecule has 176 valence electrons. The van der Waals surface area contributed by atoms with Gasteiger partial charge in [-0.2, -0.15) is 0 Å². The van der Waals surface area contributed by atoms with E-state index in [1.165, 1.54) is 5.56 Å². The van der Waals surface area contributed by atoms with Crippen LogP contribution in [0.2, 0.25) is 0 Å². The molecule has 2 aromatic rings. The van der Waals surface area contributed by atoms with Crippen LogP contribution in [0.25, 0.3) is 11.1 Å². The highest BCUT2D eigenvalue weighted by atomic mass is 16.5. The van der Waals surface area contributed by atoms with E-state index >= 15 is 0 Å². The number of carbonyl (C=O) groups is 1. The van der Waals surface area contributed by atoms with Gasteiger partial charge in [-0.3, -0.25) is 9.69 Å². The van der Waals surface area contributed by atoms with Gasteiger partial charge in [0.1, 0.15) is 5.75 Å². The first-order valence-electron chi connectivity index (χ1n) is 11.4. The molecule has 2 N–H and O–H groups in total. The largest absolute Gasteiger partial charge is 0.493 e. The van der Waals surface area contributed by atoms with Crippen molar-refractivity contribution < 1.29 is 14.3 Å². The summed E-state index contributed by atoms with van der Waals surface area (Å²) >= 11 is 0. The number of amides is 1. The predicted molar refractivity (Wildman–Crippen MR) is 131 cm³/mol. The van der Waals surface area contributed by atoms with Crippen LogP contribution in [0.15, 0.2) is 42.5 Å². The van der Waals surface area contributed by atoms with E-state index in [0.717, 1.165) is 55.0 Å². The van der Waals surface area contributed by atoms with E-state index in [4.69, 9.17) is 15.2 Å². The SMILES string of the molecule is CCN(CCN(C)C)Cc1ccc(-c2ccc(CCC(N)=O)cc2OCCCOC)cc1. The number of methoxy groups -OCH3 is 1. The van der Waals surface area contributed by atoms with Crippen LogP contribution in [0.3, 0.4) is 0 Å². The first kappa shape index (κ1) is 25.8. The minimum Gasteiger partial charge on any atom is -0.493 e. The number of hydrogen-bond acceptors (Lipinski definition) is 5. The van der Waals surface area contributed by atoms with Crippen LogP contribution >= 0.6 is 0 Å². The summed E-state index contributed by atoms with van der Waals surface area (Å²) in [5.41, 5.74) is 9.83. The lowest BCUT2D eigenvalue weighted by Gasteiger charge is -2.22. The fourth-order valence-corrected chi connectivity index (χ4v) is 3.47. The zero-order valence-corrected chi connectivity index (χ0v) is 20.1. The molecule has 0 spiro atoms. The number of aryl methyl sites for hydroxylation is 1. The number of likely N-dealkylation sites (N-methyl/N-ethyl adjacent to an activating group) is 2. The first-order chi connectivity index (χ1) is 15.4. The molecule has 0 bridgehead atoms. The van der Waals surface area contributed by atoms with Crippen LogP contribution in [0.5, 0.6) is 5.75 Å². The summed E-state index contributed by atoms with van der Waals surface area (Å²) < 4.78 is 11.2. The van der Waals surface area contributed by atoms with E-state index < -0.39 is 0 Å². The van der Waals surface area contributed by atoms with Gasteiger partial charge in [0.15, 0.2) is 0 Å². The van der Waals surface area contributed by atoms with Crippen molar-refractivity contribution in [2.45, 2.75) is 32.7 Å². The molecule has 0 aliphatic rings. The molecule has 6 heteroatoms. The minimum absolute atomic E-state index is 0.293. The Bertz CT molecular complexity index is 822. The molecule has 0 saturated heterocycles. The molecule has 0 fully saturated rings. The van der Waals surface area contributed by atoms with Crippen LogP contribution < -0.4 is 10.5 Å². The van der Waals surface area contributed by atoms with E-state index in [-0.39, 0.29) is 5.91 Å². The van der Waals surface area contributed by atoms with Crippen LogP contribution in [0.1, 0.15) is 30.9 Å². The molecule has 0 unspecified atom stereocenters. The standard InChI is InChI=1S/C26H39N3O3/c1-5-29(16-15-28(2)3)20-22-7-11-23(12-8-22)24-13-9-21(10-14-26(27)30)19-25(24)32-18-6-17-31-4/h7-9,11-13,19H,5-6,10,14-18,20H2,1-4H3,(H2,27,30). The number of primary amides is 1. The number of carbonyl (C=O) groups excluding carboxylic acids is 1. The quantitative estimate of drug-likeness (QED) is 0.428. The molecule has 32 heavy (non-hydrogen) atoms. The Balaban J connectivity index is 2.15. The summed E-state index contributed by atoms with van der Waals surface area (Å²) in [6.45, 7) is 7.52. The number of hydrogen-bond donors (Lipinski definition) is 1. The van der Waals surface area contributed by atoms with Gasteiger partial charge in [-0.15, -0.1) is 0 Å². The molecular weight excluding hydrogens is 402 g/mol. The van der Waals surface area contributed by atoms with Crippen molar-refractivity contribution >= 4 is 5.91 Å². The third kappa shape index (κ3) is 8.99. The summed E-state index contributed by atoms with van der Waals surface area (Å²) in [5, 5.41) is 0. The molecule has 6 nitrogen and oxygen atoms in total. The smallest absolute Gasteiger partial charge is 0.217 e. The summed E-state index contributed by atoms with van der Waals surface area (Å²) in [5.74, 6) is 0.538. The highest BCUT2D eigenvalue weighted by molar-refractivity contribution is 5.74. The van der Waals surface area contributed by atoms with Gasteiger partial charge in [0, 0.05) is 51.8 Å². The van der Waals surface area contributed by atoms with E-state index in [9.17, 15) is 4.79 Å². The van der Waals surface area contributed by atoms with Gasteiger partial charge in [-0.25, -0.2) is 0 Å². The van der Waals surface area contributed by atoms with Crippen molar-refractivity contribution in [3.63, 3.8) is 0 Å². The molecule has 0 aliphatic carbocycles. The summed E-state index contributed by atoms with van der Waals surface area (Å²) in [7, 11) is 5.91. The van der Waals surface area contributed by atoms with Gasteiger partial charge in [0.05, 0.1) is 6.61 Å². The lowest BCUT2D eigenvalue weighted by atomic mass is 9.99. The minimum atomic E-state index is -0.293. The molecule has 2 rings (SSSR count). The summed E-state index contributed by atoms with van der Waals surface area (Å²) in [6, 6.07) is 14.9. The fraction of sp³-hybridized carbons (Fsp3) is 0.500. The maximum atomic E-state index is 11.2. The highest BCUT2D eigenvalue weighted by Gasteiger charge is 2.10. The summed E-state index contributed by atoms with van der Waals surface area (Å²) in [4.78, 5) is 15.8. The topological polar surface area (TPSA) is 68.0 Å². The molecule has 0 radical (unpaired) electrons. The number of nitrogens with two attached hydrogens (primary N) is 1. The Morgan fingerprint density at radius 3 is 2.34 bits per heavy atom. The van der Waals surface area contributed by atoms with Gasteiger partial charge >= 0.3 is 0 Å². The van der Waals surface area contributed by atoms with Crippen LogP contribution in [-0.2, 0) is 22.5 Å². The third-order valence-electron chi connectivity index (χ3n) is 5.44. The number of nitrogens with zero attached hydrogens (tertiary/aromatic N) is 2. The zero-order valence-electron chi connectivity index (χ0n) is 20.1. The lowest BCUT2D eigenvalue weighted by molar-refractivity contribution is -0.117. The average Bonchev–Trinajstić information content (AvgIpc) is 2.78. The molecule has 2 aromatic carbocycles. The second kappa shape index (κ2) is 13.9. The van der Waals surface area contributed by atoms with E-state index in [2.05, 4.69) is 61.2 Å². The third-order valence-corrected chi connectivity index (χ3v) is 5.44. The van der Waals surface area contributed by atoms with E-state index in [1.54, 1.807) is 7.11 Å². The maximum Gasteiger partial charge on any atom is 0.217 e. The van der Waals surface area contributed by atoms with Gasteiger partial charge < -0.3 is 20.1 Å². The van der Waals surface area contributed by atoms with Crippen LogP contribution in [0.4, 0.5) is 0 Å². The van der Waals surface area contributed by atoms with Gasteiger partial charge in [-0.1, -0.05) is 43.3 Å². The number of benzene rings is 2. The van der Waals surface area contributed by atoms with Crippen molar-refractivity contribution in [1.82, 2.24) is 9.80 Å². The number of ether oxygens (including phenoxy) is 2. The van der Waals surface area contributed by atoms with Crippen LogP contribution in [0, 0.1) is 0 Å². The van der Waals surface area contributed by atoms with Crippen molar-refractivity contribution in [1.29, 1.82) is 0 Å². The Hall–Kier alpha value is -2.41. The normalized spacial score (nSPS) is 11.3. The average molecular weight is 442 g/mol. The fourth-order valence-electron chi connectivity index (χ4n) is 3.47. The lowest BCUT2D eigenvalue weighted by Crippen LogP contribution is -2.31. The van der Waals surface area contributed by atoms with Crippen molar-refractivity contribution in [3.8, 4) is 16.9 Å². The maximum absolute atomic E-state index is 11.2. The zero-order chi connectivity index (χ0) is 23.3. The van der Waals surface area contributed by atoms with Crippen molar-refractivity contribution in [3.05, 3.63) is 53.6 Å². The summed E-state index contributed by atoms with van der Waals surface area (Å²) in [6.07, 6.45) is 1.77. The predicted octanol–water partition coefficient (Wildman–Crippen LogP) is 3.57. The monoisotopic (exact) mass is 441 g/mol. The van der Waals surface area contributed by atoms with Gasteiger partial charge in [-0.05, 0) is 49.8 Å². The van der Waals surface area contributed by atoms with Gasteiger partial charge in [0.25, 0.3) is 0 Å². The van der Waals surface area contributed by atoms with Crippen molar-refractivity contribution in [2.75, 3.05) is 54.1 Å². The first-order valence-corrected chi connectivity index (χ1v) is 11.4. The Kier molecular flexibility index (Phi) is 11.2. The van der Waals surface area contributed by atoms with Crippen molar-refractivity contribution in [2.24, 2.45) is 5.73 Å². The second-order valence-electron chi connectivity index (χ2n) is 8.36. The second-order valence-corrected chi connectivity index (χ2v) is 8.36. The molecular formula is C26H39N3O3. The molecule has 0 saturated carbocycles. The molecule has 1 amide bonds. The number of rotatable bonds is 15. The van der Waals surface area contributed by atoms with Crippen LogP contribution in [-0.4, -0.2) is 69.8 Å². The molecule has 0 heterocycles.